The molecule has 1 unspecified atom stereocenters. The molecule has 1 saturated heterocycles. The van der Waals surface area contributed by atoms with Gasteiger partial charge in [0.25, 0.3) is 0 Å². The fraction of sp³-hybridized carbons (Fsp3) is 0.440. The van der Waals surface area contributed by atoms with Crippen LogP contribution < -0.4 is 10.6 Å². The number of nitrogens with one attached hydrogen (secondary N) is 2. The highest BCUT2D eigenvalue weighted by Crippen LogP contribution is 2.19. The molecule has 1 amide bonds. The molecule has 0 aliphatic carbocycles. The van der Waals surface area contributed by atoms with Crippen molar-refractivity contribution in [1.82, 2.24) is 15.1 Å². The smallest absolute Gasteiger partial charge is 0.238 e. The number of β-amino-alcohol motifs (C(OH)–C–C–N with tert-alkyl or cyclic N) is 1. The number of amides is 1. The quantitative estimate of drug-likeness (QED) is 0.490. The number of nitrogens with zero attached hydrogens (tertiary/aromatic N) is 2. The van der Waals surface area contributed by atoms with Crippen molar-refractivity contribution in [3.8, 4) is 0 Å². The van der Waals surface area contributed by atoms with Crippen LogP contribution in [0.1, 0.15) is 21.5 Å². The van der Waals surface area contributed by atoms with Gasteiger partial charge in [0, 0.05) is 50.5 Å². The van der Waals surface area contributed by atoms with Crippen LogP contribution in [-0.2, 0) is 4.79 Å². The Balaban J connectivity index is 1.33. The lowest BCUT2D eigenvalue weighted by molar-refractivity contribution is -0.117. The van der Waals surface area contributed by atoms with Gasteiger partial charge in [-0.25, -0.2) is 0 Å². The zero-order valence-electron chi connectivity index (χ0n) is 19.0. The molecule has 1 atom stereocenters. The summed E-state index contributed by atoms with van der Waals surface area (Å²) < 4.78 is 0. The molecule has 0 saturated carbocycles. The number of ketones is 1. The first-order valence-electron chi connectivity index (χ1n) is 11.2. The molecule has 1 aliphatic heterocycles. The average Bonchev–Trinajstić information content (AvgIpc) is 2.78. The highest BCUT2D eigenvalue weighted by molar-refractivity contribution is 5.97. The first kappa shape index (κ1) is 24.1. The van der Waals surface area contributed by atoms with Crippen LogP contribution in [0.5, 0.6) is 0 Å². The number of aliphatic hydroxyl groups excluding tert-OH is 1. The van der Waals surface area contributed by atoms with Gasteiger partial charge in [-0.1, -0.05) is 48.5 Å². The van der Waals surface area contributed by atoms with Crippen molar-refractivity contribution in [1.29, 1.82) is 0 Å². The summed E-state index contributed by atoms with van der Waals surface area (Å²) in [5.41, 5.74) is 3.71. The van der Waals surface area contributed by atoms with E-state index in [0.717, 1.165) is 43.0 Å². The van der Waals surface area contributed by atoms with Crippen LogP contribution in [-0.4, -0.2) is 85.1 Å². The summed E-state index contributed by atoms with van der Waals surface area (Å²) in [6, 6.07) is 15.1. The average molecular weight is 439 g/mol. The summed E-state index contributed by atoms with van der Waals surface area (Å²) in [6.45, 7) is 8.68. The standard InChI is InChI=1S/C25H34N4O3/c1-19-7-6-8-20(2)25(19)27-24(32)18-29-13-11-28(12-14-29)17-22(30)15-26-16-23(31)21-9-4-3-5-10-21/h3-10,22,26,30H,11-18H2,1-2H3,(H,27,32). The van der Waals surface area contributed by atoms with Gasteiger partial charge < -0.3 is 15.7 Å². The number of aryl methyl sites for hydroxylation is 2. The third kappa shape index (κ3) is 7.24. The Morgan fingerprint density at radius 3 is 2.22 bits per heavy atom. The summed E-state index contributed by atoms with van der Waals surface area (Å²) in [5.74, 6) is 0.0220. The largest absolute Gasteiger partial charge is 0.390 e. The van der Waals surface area contributed by atoms with Crippen molar-refractivity contribution in [3.63, 3.8) is 0 Å². The van der Waals surface area contributed by atoms with Crippen LogP contribution >= 0.6 is 0 Å². The number of para-hydroxylation sites is 1. The molecule has 32 heavy (non-hydrogen) atoms. The zero-order valence-corrected chi connectivity index (χ0v) is 19.0. The monoisotopic (exact) mass is 438 g/mol. The highest BCUT2D eigenvalue weighted by atomic mass is 16.3. The molecule has 0 bridgehead atoms. The minimum Gasteiger partial charge on any atom is -0.390 e. The number of carbonyl (C=O) groups is 2. The summed E-state index contributed by atoms with van der Waals surface area (Å²) >= 11 is 0. The van der Waals surface area contributed by atoms with Crippen molar-refractivity contribution < 1.29 is 14.7 Å². The van der Waals surface area contributed by atoms with E-state index in [1.807, 2.05) is 50.2 Å². The number of Topliss-reactive ketones (excluding diaryl/α,β-unsaturated/α-hetero) is 1. The molecule has 7 heteroatoms. The third-order valence-electron chi connectivity index (χ3n) is 5.81. The van der Waals surface area contributed by atoms with Crippen LogP contribution in [0.25, 0.3) is 0 Å². The van der Waals surface area contributed by atoms with E-state index in [9.17, 15) is 14.7 Å². The highest BCUT2D eigenvalue weighted by Gasteiger charge is 2.21. The van der Waals surface area contributed by atoms with Gasteiger partial charge in [0.2, 0.25) is 5.91 Å². The minimum atomic E-state index is -0.544. The SMILES string of the molecule is Cc1cccc(C)c1NC(=O)CN1CCN(CC(O)CNCC(=O)c2ccccc2)CC1. The third-order valence-corrected chi connectivity index (χ3v) is 5.81. The Morgan fingerprint density at radius 1 is 0.938 bits per heavy atom. The molecule has 1 aliphatic rings. The van der Waals surface area contributed by atoms with E-state index < -0.39 is 6.10 Å². The number of benzene rings is 2. The van der Waals surface area contributed by atoms with Gasteiger partial charge in [-0.2, -0.15) is 0 Å². The van der Waals surface area contributed by atoms with Gasteiger partial charge in [-0.05, 0) is 25.0 Å². The van der Waals surface area contributed by atoms with E-state index in [4.69, 9.17) is 0 Å². The van der Waals surface area contributed by atoms with Crippen molar-refractivity contribution >= 4 is 17.4 Å². The van der Waals surface area contributed by atoms with Crippen molar-refractivity contribution in [2.75, 3.05) is 57.7 Å². The summed E-state index contributed by atoms with van der Waals surface area (Å²) in [4.78, 5) is 28.9. The van der Waals surface area contributed by atoms with Gasteiger partial charge >= 0.3 is 0 Å². The van der Waals surface area contributed by atoms with E-state index >= 15 is 0 Å². The molecule has 2 aromatic rings. The number of aliphatic hydroxyl groups is 1. The van der Waals surface area contributed by atoms with Gasteiger partial charge in [-0.15, -0.1) is 0 Å². The molecule has 172 valence electrons. The Kier molecular flexibility index (Phi) is 8.93. The maximum Gasteiger partial charge on any atom is 0.238 e. The number of anilines is 1. The fourth-order valence-electron chi connectivity index (χ4n) is 3.96. The summed E-state index contributed by atoms with van der Waals surface area (Å²) in [6.07, 6.45) is -0.544. The van der Waals surface area contributed by atoms with Crippen LogP contribution in [0.15, 0.2) is 48.5 Å². The number of hydrogen-bond donors (Lipinski definition) is 3. The molecule has 1 fully saturated rings. The number of carbonyl (C=O) groups excluding carboxylic acids is 2. The second kappa shape index (κ2) is 11.9. The second-order valence-electron chi connectivity index (χ2n) is 8.47. The number of rotatable bonds is 10. The minimum absolute atomic E-state index is 0.00293. The second-order valence-corrected chi connectivity index (χ2v) is 8.47. The Morgan fingerprint density at radius 2 is 1.56 bits per heavy atom. The lowest BCUT2D eigenvalue weighted by Crippen LogP contribution is -2.51. The molecule has 2 aromatic carbocycles. The van der Waals surface area contributed by atoms with Crippen LogP contribution in [0, 0.1) is 13.8 Å². The Labute approximate surface area is 190 Å². The maximum absolute atomic E-state index is 12.5. The van der Waals surface area contributed by atoms with E-state index in [2.05, 4.69) is 20.4 Å². The molecular formula is C25H34N4O3. The topological polar surface area (TPSA) is 84.9 Å². The molecule has 3 N–H and O–H groups in total. The van der Waals surface area contributed by atoms with E-state index in [1.165, 1.54) is 0 Å². The maximum atomic E-state index is 12.5. The van der Waals surface area contributed by atoms with Crippen LogP contribution in [0.3, 0.4) is 0 Å². The Hall–Kier alpha value is -2.58. The van der Waals surface area contributed by atoms with Gasteiger partial charge in [0.05, 0.1) is 19.2 Å². The predicted octanol–water partition coefficient (Wildman–Crippen LogP) is 1.69. The van der Waals surface area contributed by atoms with E-state index in [-0.39, 0.29) is 18.2 Å². The Bertz CT molecular complexity index is 875. The number of hydrogen-bond acceptors (Lipinski definition) is 6. The first-order valence-corrected chi connectivity index (χ1v) is 11.2. The molecule has 0 aromatic heterocycles. The first-order chi connectivity index (χ1) is 15.4. The van der Waals surface area contributed by atoms with Crippen LogP contribution in [0.4, 0.5) is 5.69 Å². The molecule has 7 nitrogen and oxygen atoms in total. The lowest BCUT2D eigenvalue weighted by Gasteiger charge is -2.35. The lowest BCUT2D eigenvalue weighted by atomic mass is 10.1. The molecular weight excluding hydrogens is 404 g/mol. The van der Waals surface area contributed by atoms with Crippen molar-refractivity contribution in [2.45, 2.75) is 20.0 Å². The number of piperazine rings is 1. The van der Waals surface area contributed by atoms with Gasteiger partial charge in [0.1, 0.15) is 0 Å². The normalized spacial score (nSPS) is 16.0. The van der Waals surface area contributed by atoms with Crippen LogP contribution in [0.2, 0.25) is 0 Å². The molecule has 0 spiro atoms. The summed E-state index contributed by atoms with van der Waals surface area (Å²) in [5, 5.41) is 16.4. The predicted molar refractivity (Wildman–Crippen MR) is 127 cm³/mol. The zero-order chi connectivity index (χ0) is 22.9. The van der Waals surface area contributed by atoms with Gasteiger partial charge in [-0.3, -0.25) is 19.4 Å². The molecule has 0 radical (unpaired) electrons. The van der Waals surface area contributed by atoms with E-state index in [0.29, 0.717) is 25.2 Å². The summed E-state index contributed by atoms with van der Waals surface area (Å²) in [7, 11) is 0. The van der Waals surface area contributed by atoms with Crippen molar-refractivity contribution in [3.05, 3.63) is 65.2 Å². The van der Waals surface area contributed by atoms with Crippen molar-refractivity contribution in [2.24, 2.45) is 0 Å². The fourth-order valence-corrected chi connectivity index (χ4v) is 3.96. The van der Waals surface area contributed by atoms with E-state index in [1.54, 1.807) is 12.1 Å². The van der Waals surface area contributed by atoms with Gasteiger partial charge in [0.15, 0.2) is 5.78 Å². The molecule has 1 heterocycles. The molecule has 3 rings (SSSR count).